The Bertz CT molecular complexity index is 467. The van der Waals surface area contributed by atoms with E-state index >= 15 is 0 Å². The van der Waals surface area contributed by atoms with Crippen LogP contribution in [0.2, 0.25) is 0 Å². The van der Waals surface area contributed by atoms with Crippen molar-refractivity contribution < 1.29 is 14.3 Å². The number of carbonyl (C=O) groups excluding carboxylic acids is 2. The maximum atomic E-state index is 11.9. The molecule has 0 saturated heterocycles. The highest BCUT2D eigenvalue weighted by Gasteiger charge is 2.17. The van der Waals surface area contributed by atoms with Crippen molar-refractivity contribution in [1.29, 1.82) is 0 Å². The minimum absolute atomic E-state index is 0.136. The van der Waals surface area contributed by atoms with Crippen molar-refractivity contribution in [3.8, 4) is 0 Å². The van der Waals surface area contributed by atoms with Crippen LogP contribution in [0.4, 0.5) is 0 Å². The Morgan fingerprint density at radius 3 is 2.65 bits per heavy atom. The van der Waals surface area contributed by atoms with E-state index in [1.54, 1.807) is 6.92 Å². The third-order valence-corrected chi connectivity index (χ3v) is 2.22. The number of pyridine rings is 1. The molecule has 1 amide bonds. The molecule has 0 saturated carbocycles. The average molecular weight is 238 g/mol. The van der Waals surface area contributed by atoms with E-state index in [-0.39, 0.29) is 17.8 Å². The first-order chi connectivity index (χ1) is 8.08. The van der Waals surface area contributed by atoms with E-state index in [1.165, 1.54) is 30.2 Å². The normalized spacial score (nSPS) is 9.76. The minimum Gasteiger partial charge on any atom is -0.468 e. The topological polar surface area (TPSA) is 79.5 Å². The van der Waals surface area contributed by atoms with Crippen molar-refractivity contribution in [2.75, 3.05) is 20.2 Å². The van der Waals surface area contributed by atoms with Gasteiger partial charge in [0.15, 0.2) is 0 Å². The maximum absolute atomic E-state index is 11.9. The maximum Gasteiger partial charge on any atom is 0.325 e. The molecule has 0 atom stereocenters. The average Bonchev–Trinajstić information content (AvgIpc) is 2.34. The number of hydrogen-bond acceptors (Lipinski definition) is 4. The zero-order valence-corrected chi connectivity index (χ0v) is 9.73. The van der Waals surface area contributed by atoms with Crippen molar-refractivity contribution in [3.05, 3.63) is 34.2 Å². The van der Waals surface area contributed by atoms with Crippen molar-refractivity contribution in [2.24, 2.45) is 0 Å². The molecular weight excluding hydrogens is 224 g/mol. The van der Waals surface area contributed by atoms with Crippen LogP contribution in [-0.2, 0) is 9.53 Å². The van der Waals surface area contributed by atoms with Crippen LogP contribution in [-0.4, -0.2) is 42.0 Å². The van der Waals surface area contributed by atoms with Gasteiger partial charge >= 0.3 is 5.97 Å². The molecule has 6 nitrogen and oxygen atoms in total. The van der Waals surface area contributed by atoms with Crippen molar-refractivity contribution in [3.63, 3.8) is 0 Å². The van der Waals surface area contributed by atoms with Crippen LogP contribution in [0.1, 0.15) is 17.4 Å². The summed E-state index contributed by atoms with van der Waals surface area (Å²) in [5, 5.41) is 0. The van der Waals surface area contributed by atoms with Gasteiger partial charge in [-0.2, -0.15) is 0 Å². The molecule has 6 heteroatoms. The quantitative estimate of drug-likeness (QED) is 0.749. The van der Waals surface area contributed by atoms with Crippen LogP contribution in [0.3, 0.4) is 0 Å². The number of methoxy groups -OCH3 is 1. The summed E-state index contributed by atoms with van der Waals surface area (Å²) in [6, 6.07) is 4.29. The van der Waals surface area contributed by atoms with E-state index in [0.717, 1.165) is 0 Å². The van der Waals surface area contributed by atoms with Gasteiger partial charge < -0.3 is 14.6 Å². The highest BCUT2D eigenvalue weighted by atomic mass is 16.5. The summed E-state index contributed by atoms with van der Waals surface area (Å²) >= 11 is 0. The number of rotatable bonds is 4. The molecule has 0 unspecified atom stereocenters. The molecule has 1 N–H and O–H groups in total. The van der Waals surface area contributed by atoms with Crippen LogP contribution in [0.5, 0.6) is 0 Å². The van der Waals surface area contributed by atoms with Gasteiger partial charge in [-0.15, -0.1) is 0 Å². The molecule has 0 aliphatic carbocycles. The molecule has 17 heavy (non-hydrogen) atoms. The number of likely N-dealkylation sites (N-methyl/N-ethyl adjacent to an activating group) is 1. The molecule has 1 aromatic heterocycles. The first kappa shape index (κ1) is 13.0. The molecule has 1 aromatic rings. The predicted molar refractivity (Wildman–Crippen MR) is 60.7 cm³/mol. The van der Waals surface area contributed by atoms with Crippen LogP contribution >= 0.6 is 0 Å². The molecule has 92 valence electrons. The number of aromatic nitrogens is 1. The number of hydrogen-bond donors (Lipinski definition) is 1. The Balaban J connectivity index is 2.86. The van der Waals surface area contributed by atoms with E-state index in [9.17, 15) is 14.4 Å². The van der Waals surface area contributed by atoms with E-state index in [4.69, 9.17) is 0 Å². The fourth-order valence-electron chi connectivity index (χ4n) is 1.29. The first-order valence-electron chi connectivity index (χ1n) is 5.14. The molecule has 0 bridgehead atoms. The smallest absolute Gasteiger partial charge is 0.325 e. The Hall–Kier alpha value is -2.11. The minimum atomic E-state index is -0.501. The van der Waals surface area contributed by atoms with Crippen molar-refractivity contribution >= 4 is 11.9 Å². The lowest BCUT2D eigenvalue weighted by molar-refractivity contribution is -0.141. The summed E-state index contributed by atoms with van der Waals surface area (Å²) in [5.74, 6) is -0.908. The second-order valence-corrected chi connectivity index (χ2v) is 3.32. The van der Waals surface area contributed by atoms with Gasteiger partial charge in [-0.05, 0) is 13.0 Å². The van der Waals surface area contributed by atoms with Gasteiger partial charge in [0.05, 0.1) is 7.11 Å². The van der Waals surface area contributed by atoms with E-state index < -0.39 is 11.9 Å². The molecule has 0 fully saturated rings. The Kier molecular flexibility index (Phi) is 4.45. The highest BCUT2D eigenvalue weighted by Crippen LogP contribution is 2.00. The number of carbonyl (C=O) groups is 2. The number of amides is 1. The third-order valence-electron chi connectivity index (χ3n) is 2.22. The van der Waals surface area contributed by atoms with Gasteiger partial charge in [0.25, 0.3) is 5.91 Å². The fraction of sp³-hybridized carbons (Fsp3) is 0.364. The standard InChI is InChI=1S/C11H14N2O4/c1-3-13(7-10(15)17-2)11(16)8-5-4-6-9(14)12-8/h4-6H,3,7H2,1-2H3,(H,12,14). The van der Waals surface area contributed by atoms with Crippen LogP contribution in [0.25, 0.3) is 0 Å². The summed E-state index contributed by atoms with van der Waals surface area (Å²) in [5.41, 5.74) is -0.201. The molecule has 1 heterocycles. The zero-order valence-electron chi connectivity index (χ0n) is 9.73. The number of nitrogens with zero attached hydrogens (tertiary/aromatic N) is 1. The SMILES string of the molecule is CCN(CC(=O)OC)C(=O)c1cccc(=O)[nH]1. The van der Waals surface area contributed by atoms with Crippen molar-refractivity contribution in [1.82, 2.24) is 9.88 Å². The molecule has 0 aliphatic heterocycles. The predicted octanol–water partition coefficient (Wildman–Crippen LogP) is 0.01000. The van der Waals surface area contributed by atoms with Crippen LogP contribution in [0, 0.1) is 0 Å². The van der Waals surface area contributed by atoms with Crippen LogP contribution in [0.15, 0.2) is 23.0 Å². The molecule has 0 spiro atoms. The summed E-state index contributed by atoms with van der Waals surface area (Å²) in [6.07, 6.45) is 0. The van der Waals surface area contributed by atoms with Gasteiger partial charge in [0.2, 0.25) is 5.56 Å². The van der Waals surface area contributed by atoms with Gasteiger partial charge in [-0.25, -0.2) is 0 Å². The summed E-state index contributed by atoms with van der Waals surface area (Å²) < 4.78 is 4.49. The molecule has 0 aromatic carbocycles. The second-order valence-electron chi connectivity index (χ2n) is 3.32. The molecule has 0 radical (unpaired) electrons. The summed E-state index contributed by atoms with van der Waals surface area (Å²) in [6.45, 7) is 1.95. The third kappa shape index (κ3) is 3.44. The van der Waals surface area contributed by atoms with E-state index in [2.05, 4.69) is 9.72 Å². The number of nitrogens with one attached hydrogen (secondary N) is 1. The zero-order chi connectivity index (χ0) is 12.8. The highest BCUT2D eigenvalue weighted by molar-refractivity contribution is 5.94. The Labute approximate surface area is 98.2 Å². The second kappa shape index (κ2) is 5.83. The lowest BCUT2D eigenvalue weighted by Gasteiger charge is -2.18. The first-order valence-corrected chi connectivity index (χ1v) is 5.14. The molecule has 0 aliphatic rings. The van der Waals surface area contributed by atoms with Gasteiger partial charge in [-0.1, -0.05) is 6.07 Å². The molecule has 1 rings (SSSR count). The number of esters is 1. The summed E-state index contributed by atoms with van der Waals surface area (Å²) in [7, 11) is 1.25. The fourth-order valence-corrected chi connectivity index (χ4v) is 1.29. The van der Waals surface area contributed by atoms with Crippen molar-refractivity contribution in [2.45, 2.75) is 6.92 Å². The number of H-pyrrole nitrogens is 1. The van der Waals surface area contributed by atoms with Gasteiger partial charge in [-0.3, -0.25) is 14.4 Å². The van der Waals surface area contributed by atoms with E-state index in [0.29, 0.717) is 6.54 Å². The Morgan fingerprint density at radius 2 is 2.12 bits per heavy atom. The number of aromatic amines is 1. The lowest BCUT2D eigenvalue weighted by Crippen LogP contribution is -2.37. The van der Waals surface area contributed by atoms with Gasteiger partial charge in [0, 0.05) is 12.6 Å². The summed E-state index contributed by atoms with van der Waals surface area (Å²) in [4.78, 5) is 37.8. The Morgan fingerprint density at radius 1 is 1.41 bits per heavy atom. The van der Waals surface area contributed by atoms with Gasteiger partial charge in [0.1, 0.15) is 12.2 Å². The largest absolute Gasteiger partial charge is 0.468 e. The number of ether oxygens (including phenoxy) is 1. The molecular formula is C11H14N2O4. The van der Waals surface area contributed by atoms with Crippen LogP contribution < -0.4 is 5.56 Å². The van der Waals surface area contributed by atoms with E-state index in [1.807, 2.05) is 0 Å². The monoisotopic (exact) mass is 238 g/mol. The lowest BCUT2D eigenvalue weighted by atomic mass is 10.3.